The maximum absolute atomic E-state index is 13.4. The standard InChI is InChI=1S/C17H21F2NO3/c1-23-14-4-2-3-11(7-14)15-8-13(21)10-20(15)16(22)12-5-6-17(18,19)9-12/h2-4,7,12-13,15,21H,5-6,8-10H2,1H3/t12-,13-,15-/m0/s1. The van der Waals surface area contributed by atoms with Gasteiger partial charge in [0.1, 0.15) is 5.75 Å². The Kier molecular flexibility index (Phi) is 4.27. The van der Waals surface area contributed by atoms with Crippen LogP contribution < -0.4 is 4.74 Å². The molecule has 0 aromatic heterocycles. The number of rotatable bonds is 3. The van der Waals surface area contributed by atoms with Gasteiger partial charge in [0.25, 0.3) is 0 Å². The summed E-state index contributed by atoms with van der Waals surface area (Å²) in [5, 5.41) is 9.98. The molecule has 2 aliphatic rings. The molecule has 1 N–H and O–H groups in total. The number of alkyl halides is 2. The van der Waals surface area contributed by atoms with E-state index in [4.69, 9.17) is 4.74 Å². The molecule has 126 valence electrons. The Labute approximate surface area is 134 Å². The van der Waals surface area contributed by atoms with Crippen molar-refractivity contribution in [3.05, 3.63) is 29.8 Å². The minimum Gasteiger partial charge on any atom is -0.497 e. The van der Waals surface area contributed by atoms with Gasteiger partial charge in [0.05, 0.1) is 19.3 Å². The van der Waals surface area contributed by atoms with Crippen molar-refractivity contribution in [2.45, 2.75) is 43.8 Å². The number of β-amino-alcohol motifs (C(OH)–C–C–N with tert-alkyl or cyclic N) is 1. The average Bonchev–Trinajstić information content (AvgIpc) is 3.09. The summed E-state index contributed by atoms with van der Waals surface area (Å²) in [5.74, 6) is -3.00. The molecule has 1 saturated carbocycles. The van der Waals surface area contributed by atoms with Crippen LogP contribution in [0, 0.1) is 5.92 Å². The van der Waals surface area contributed by atoms with Crippen molar-refractivity contribution in [3.8, 4) is 5.75 Å². The first-order chi connectivity index (χ1) is 10.9. The summed E-state index contributed by atoms with van der Waals surface area (Å²) in [6, 6.07) is 7.03. The van der Waals surface area contributed by atoms with Crippen LogP contribution in [0.1, 0.15) is 37.3 Å². The van der Waals surface area contributed by atoms with Crippen molar-refractivity contribution >= 4 is 5.91 Å². The molecular formula is C17H21F2NO3. The van der Waals surface area contributed by atoms with Crippen LogP contribution in [0.3, 0.4) is 0 Å². The SMILES string of the molecule is COc1cccc([C@@H]2C[C@H](O)CN2C(=O)[C@H]2CCC(F)(F)C2)c1. The topological polar surface area (TPSA) is 49.8 Å². The number of likely N-dealkylation sites (tertiary alicyclic amines) is 1. The number of aliphatic hydroxyl groups is 1. The molecule has 0 spiro atoms. The van der Waals surface area contributed by atoms with E-state index in [1.54, 1.807) is 18.1 Å². The minimum atomic E-state index is -2.75. The van der Waals surface area contributed by atoms with Gasteiger partial charge < -0.3 is 14.7 Å². The van der Waals surface area contributed by atoms with Crippen LogP contribution in [0.25, 0.3) is 0 Å². The number of halogens is 2. The molecule has 1 saturated heterocycles. The number of hydrogen-bond donors (Lipinski definition) is 1. The summed E-state index contributed by atoms with van der Waals surface area (Å²) in [7, 11) is 1.56. The Morgan fingerprint density at radius 3 is 2.87 bits per heavy atom. The minimum absolute atomic E-state index is 0.197. The number of amides is 1. The van der Waals surface area contributed by atoms with Crippen molar-refractivity contribution < 1.29 is 23.4 Å². The third-order valence-electron chi connectivity index (χ3n) is 4.79. The number of carbonyl (C=O) groups excluding carboxylic acids is 1. The molecule has 1 heterocycles. The third kappa shape index (κ3) is 3.32. The molecule has 3 rings (SSSR count). The number of hydrogen-bond acceptors (Lipinski definition) is 3. The van der Waals surface area contributed by atoms with Crippen LogP contribution >= 0.6 is 0 Å². The molecule has 23 heavy (non-hydrogen) atoms. The molecule has 1 aromatic carbocycles. The summed E-state index contributed by atoms with van der Waals surface area (Å²) < 4.78 is 32.0. The molecule has 2 fully saturated rings. The fraction of sp³-hybridized carbons (Fsp3) is 0.588. The zero-order chi connectivity index (χ0) is 16.6. The van der Waals surface area contributed by atoms with Crippen molar-refractivity contribution in [1.29, 1.82) is 0 Å². The number of carbonyl (C=O) groups is 1. The van der Waals surface area contributed by atoms with Gasteiger partial charge >= 0.3 is 0 Å². The van der Waals surface area contributed by atoms with Gasteiger partial charge in [-0.3, -0.25) is 4.79 Å². The highest BCUT2D eigenvalue weighted by Crippen LogP contribution is 2.42. The second-order valence-electron chi connectivity index (χ2n) is 6.47. The molecule has 4 nitrogen and oxygen atoms in total. The highest BCUT2D eigenvalue weighted by atomic mass is 19.3. The van der Waals surface area contributed by atoms with E-state index in [0.717, 1.165) is 5.56 Å². The van der Waals surface area contributed by atoms with Gasteiger partial charge in [0, 0.05) is 25.3 Å². The second kappa shape index (κ2) is 6.07. The Bertz CT molecular complexity index is 593. The van der Waals surface area contributed by atoms with Crippen molar-refractivity contribution in [2.75, 3.05) is 13.7 Å². The lowest BCUT2D eigenvalue weighted by Gasteiger charge is -2.27. The van der Waals surface area contributed by atoms with Crippen LogP contribution in [0.2, 0.25) is 0 Å². The molecule has 1 aromatic rings. The van der Waals surface area contributed by atoms with E-state index in [-0.39, 0.29) is 37.8 Å². The maximum Gasteiger partial charge on any atom is 0.248 e. The van der Waals surface area contributed by atoms with E-state index in [0.29, 0.717) is 12.2 Å². The van der Waals surface area contributed by atoms with Gasteiger partial charge in [-0.1, -0.05) is 12.1 Å². The number of nitrogens with zero attached hydrogens (tertiary/aromatic N) is 1. The Hall–Kier alpha value is -1.69. The van der Waals surface area contributed by atoms with Crippen LogP contribution in [-0.2, 0) is 4.79 Å². The zero-order valence-corrected chi connectivity index (χ0v) is 13.0. The first-order valence-corrected chi connectivity index (χ1v) is 7.90. The van der Waals surface area contributed by atoms with Crippen LogP contribution in [0.15, 0.2) is 24.3 Å². The third-order valence-corrected chi connectivity index (χ3v) is 4.79. The van der Waals surface area contributed by atoms with E-state index in [1.807, 2.05) is 18.2 Å². The lowest BCUT2D eigenvalue weighted by Crippen LogP contribution is -2.36. The Balaban J connectivity index is 1.81. The van der Waals surface area contributed by atoms with Gasteiger partial charge in [-0.2, -0.15) is 0 Å². The maximum atomic E-state index is 13.4. The van der Waals surface area contributed by atoms with E-state index in [2.05, 4.69) is 0 Å². The van der Waals surface area contributed by atoms with Gasteiger partial charge in [-0.05, 0) is 30.5 Å². The van der Waals surface area contributed by atoms with Gasteiger partial charge in [-0.25, -0.2) is 8.78 Å². The van der Waals surface area contributed by atoms with E-state index >= 15 is 0 Å². The summed E-state index contributed by atoms with van der Waals surface area (Å²) in [4.78, 5) is 14.2. The number of methoxy groups -OCH3 is 1. The predicted octanol–water partition coefficient (Wildman–Crippen LogP) is 2.76. The normalized spacial score (nSPS) is 29.7. The molecule has 1 aliphatic heterocycles. The smallest absolute Gasteiger partial charge is 0.248 e. The molecular weight excluding hydrogens is 304 g/mol. The predicted molar refractivity (Wildman–Crippen MR) is 80.4 cm³/mol. The first kappa shape index (κ1) is 16.2. The number of benzene rings is 1. The van der Waals surface area contributed by atoms with Gasteiger partial charge in [-0.15, -0.1) is 0 Å². The highest BCUT2D eigenvalue weighted by molar-refractivity contribution is 5.80. The van der Waals surface area contributed by atoms with Gasteiger partial charge in [0.2, 0.25) is 11.8 Å². The van der Waals surface area contributed by atoms with Gasteiger partial charge in [0.15, 0.2) is 0 Å². The first-order valence-electron chi connectivity index (χ1n) is 7.90. The Morgan fingerprint density at radius 2 is 2.22 bits per heavy atom. The van der Waals surface area contributed by atoms with Crippen LogP contribution in [-0.4, -0.2) is 41.6 Å². The number of aliphatic hydroxyl groups excluding tert-OH is 1. The van der Waals surface area contributed by atoms with Crippen LogP contribution in [0.5, 0.6) is 5.75 Å². The zero-order valence-electron chi connectivity index (χ0n) is 13.0. The monoisotopic (exact) mass is 325 g/mol. The fourth-order valence-electron chi connectivity index (χ4n) is 3.62. The summed E-state index contributed by atoms with van der Waals surface area (Å²) >= 11 is 0. The molecule has 3 atom stereocenters. The molecule has 0 bridgehead atoms. The largest absolute Gasteiger partial charge is 0.497 e. The fourth-order valence-corrected chi connectivity index (χ4v) is 3.62. The molecule has 6 heteroatoms. The van der Waals surface area contributed by atoms with Crippen molar-refractivity contribution in [2.24, 2.45) is 5.92 Å². The Morgan fingerprint density at radius 1 is 1.43 bits per heavy atom. The van der Waals surface area contributed by atoms with Crippen molar-refractivity contribution in [3.63, 3.8) is 0 Å². The quantitative estimate of drug-likeness (QED) is 0.930. The molecule has 0 unspecified atom stereocenters. The molecule has 1 aliphatic carbocycles. The highest BCUT2D eigenvalue weighted by Gasteiger charge is 2.46. The lowest BCUT2D eigenvalue weighted by molar-refractivity contribution is -0.137. The number of ether oxygens (including phenoxy) is 1. The molecule has 0 radical (unpaired) electrons. The second-order valence-corrected chi connectivity index (χ2v) is 6.47. The summed E-state index contributed by atoms with van der Waals surface area (Å²) in [5.41, 5.74) is 0.860. The molecule has 1 amide bonds. The average molecular weight is 325 g/mol. The van der Waals surface area contributed by atoms with E-state index < -0.39 is 17.9 Å². The van der Waals surface area contributed by atoms with E-state index in [9.17, 15) is 18.7 Å². The lowest BCUT2D eigenvalue weighted by atomic mass is 10.0. The van der Waals surface area contributed by atoms with Crippen LogP contribution in [0.4, 0.5) is 8.78 Å². The van der Waals surface area contributed by atoms with Crippen molar-refractivity contribution in [1.82, 2.24) is 4.90 Å². The summed E-state index contributed by atoms with van der Waals surface area (Å²) in [6.45, 7) is 0.197. The van der Waals surface area contributed by atoms with E-state index in [1.165, 1.54) is 0 Å². The summed E-state index contributed by atoms with van der Waals surface area (Å²) in [6.07, 6.45) is -0.616.